The molecule has 1 amide bonds. The molecule has 1 aliphatic rings. The molecular formula is C26H30N2O4. The van der Waals surface area contributed by atoms with Gasteiger partial charge in [0.15, 0.2) is 5.43 Å². The van der Waals surface area contributed by atoms with Gasteiger partial charge in [-0.25, -0.2) is 0 Å². The highest BCUT2D eigenvalue weighted by Gasteiger charge is 2.42. The normalized spacial score (nSPS) is 16.2. The molecular weight excluding hydrogens is 404 g/mol. The van der Waals surface area contributed by atoms with Crippen LogP contribution in [0, 0.1) is 0 Å². The highest BCUT2D eigenvalue weighted by atomic mass is 16.5. The highest BCUT2D eigenvalue weighted by Crippen LogP contribution is 2.39. The standard InChI is InChI=1S/C26H30N2O4/c1-26(2,3)17-9-7-16(8-10-17)22-21-23(29)19-12-11-18(31-6)15-20(19)32-24(21)25(30)28(22)14-13-27(4)5/h7-12,15,22H,13-14H2,1-6H3/t22-/m0/s1. The van der Waals surface area contributed by atoms with Crippen LogP contribution in [0.3, 0.4) is 0 Å². The molecule has 4 rings (SSSR count). The van der Waals surface area contributed by atoms with Gasteiger partial charge in [-0.3, -0.25) is 9.59 Å². The predicted molar refractivity (Wildman–Crippen MR) is 126 cm³/mol. The average Bonchev–Trinajstić information content (AvgIpc) is 3.03. The van der Waals surface area contributed by atoms with Crippen LogP contribution in [-0.2, 0) is 5.41 Å². The van der Waals surface area contributed by atoms with Crippen LogP contribution in [0.2, 0.25) is 0 Å². The molecule has 0 unspecified atom stereocenters. The van der Waals surface area contributed by atoms with E-state index in [1.165, 1.54) is 5.56 Å². The van der Waals surface area contributed by atoms with Crippen LogP contribution in [0.5, 0.6) is 5.75 Å². The first kappa shape index (κ1) is 22.1. The topological polar surface area (TPSA) is 63.0 Å². The molecule has 0 saturated heterocycles. The Kier molecular flexibility index (Phi) is 5.59. The van der Waals surface area contributed by atoms with Gasteiger partial charge in [0, 0.05) is 19.2 Å². The zero-order valence-corrected chi connectivity index (χ0v) is 19.6. The molecule has 0 spiro atoms. The molecule has 3 aromatic rings. The average molecular weight is 435 g/mol. The van der Waals surface area contributed by atoms with E-state index < -0.39 is 6.04 Å². The summed E-state index contributed by atoms with van der Waals surface area (Å²) in [5.41, 5.74) is 2.72. The second kappa shape index (κ2) is 8.10. The van der Waals surface area contributed by atoms with E-state index in [1.807, 2.05) is 31.1 Å². The largest absolute Gasteiger partial charge is 0.497 e. The van der Waals surface area contributed by atoms with Crippen molar-refractivity contribution in [3.63, 3.8) is 0 Å². The maximum absolute atomic E-state index is 13.6. The third-order valence-electron chi connectivity index (χ3n) is 6.06. The Morgan fingerprint density at radius 2 is 1.75 bits per heavy atom. The Morgan fingerprint density at radius 1 is 1.06 bits per heavy atom. The summed E-state index contributed by atoms with van der Waals surface area (Å²) in [6, 6.07) is 12.8. The Labute approximate surface area is 188 Å². The quantitative estimate of drug-likeness (QED) is 0.602. The number of carbonyl (C=O) groups excluding carboxylic acids is 1. The summed E-state index contributed by atoms with van der Waals surface area (Å²) in [6.07, 6.45) is 0. The Bertz CT molecular complexity index is 1220. The van der Waals surface area contributed by atoms with Gasteiger partial charge >= 0.3 is 0 Å². The summed E-state index contributed by atoms with van der Waals surface area (Å²) in [5.74, 6) is 0.442. The fourth-order valence-electron chi connectivity index (χ4n) is 4.18. The lowest BCUT2D eigenvalue weighted by Gasteiger charge is -2.27. The summed E-state index contributed by atoms with van der Waals surface area (Å²) < 4.78 is 11.3. The van der Waals surface area contributed by atoms with E-state index in [4.69, 9.17) is 9.15 Å². The van der Waals surface area contributed by atoms with E-state index in [2.05, 4.69) is 32.9 Å². The molecule has 32 heavy (non-hydrogen) atoms. The number of hydrogen-bond acceptors (Lipinski definition) is 5. The second-order valence-electron chi connectivity index (χ2n) is 9.61. The number of likely N-dealkylation sites (N-methyl/N-ethyl adjacent to an activating group) is 1. The Balaban J connectivity index is 1.89. The van der Waals surface area contributed by atoms with E-state index in [9.17, 15) is 9.59 Å². The van der Waals surface area contributed by atoms with Crippen molar-refractivity contribution in [3.8, 4) is 5.75 Å². The minimum atomic E-state index is -0.478. The third kappa shape index (κ3) is 3.79. The summed E-state index contributed by atoms with van der Waals surface area (Å²) >= 11 is 0. The van der Waals surface area contributed by atoms with Crippen molar-refractivity contribution in [2.24, 2.45) is 0 Å². The van der Waals surface area contributed by atoms with Crippen LogP contribution in [0.4, 0.5) is 0 Å². The fourth-order valence-corrected chi connectivity index (χ4v) is 4.18. The molecule has 6 heteroatoms. The van der Waals surface area contributed by atoms with Gasteiger partial charge in [0.2, 0.25) is 5.76 Å². The molecule has 1 atom stereocenters. The monoisotopic (exact) mass is 434 g/mol. The summed E-state index contributed by atoms with van der Waals surface area (Å²) in [6.45, 7) is 7.65. The predicted octanol–water partition coefficient (Wildman–Crippen LogP) is 4.21. The molecule has 168 valence electrons. The third-order valence-corrected chi connectivity index (χ3v) is 6.06. The van der Waals surface area contributed by atoms with Gasteiger partial charge in [0.05, 0.1) is 24.1 Å². The second-order valence-corrected chi connectivity index (χ2v) is 9.61. The van der Waals surface area contributed by atoms with E-state index in [1.54, 1.807) is 30.2 Å². The van der Waals surface area contributed by atoms with Crippen molar-refractivity contribution in [1.82, 2.24) is 9.80 Å². The lowest BCUT2D eigenvalue weighted by Crippen LogP contribution is -2.35. The van der Waals surface area contributed by atoms with Gasteiger partial charge in [0.1, 0.15) is 11.3 Å². The zero-order chi connectivity index (χ0) is 23.2. The van der Waals surface area contributed by atoms with Crippen molar-refractivity contribution >= 4 is 16.9 Å². The minimum absolute atomic E-state index is 0.0147. The first-order valence-electron chi connectivity index (χ1n) is 10.8. The van der Waals surface area contributed by atoms with E-state index in [-0.39, 0.29) is 22.5 Å². The number of rotatable bonds is 5. The highest BCUT2D eigenvalue weighted by molar-refractivity contribution is 5.99. The summed E-state index contributed by atoms with van der Waals surface area (Å²) in [4.78, 5) is 30.8. The maximum atomic E-state index is 13.6. The van der Waals surface area contributed by atoms with E-state index in [0.717, 1.165) is 5.56 Å². The number of fused-ring (bicyclic) bond motifs is 2. The van der Waals surface area contributed by atoms with E-state index in [0.29, 0.717) is 35.4 Å². The fraction of sp³-hybridized carbons (Fsp3) is 0.385. The van der Waals surface area contributed by atoms with Crippen LogP contribution in [0.1, 0.15) is 54.1 Å². The lowest BCUT2D eigenvalue weighted by atomic mass is 9.86. The molecule has 0 bridgehead atoms. The number of benzene rings is 2. The molecule has 2 heterocycles. The van der Waals surface area contributed by atoms with Gasteiger partial charge in [-0.05, 0) is 42.8 Å². The van der Waals surface area contributed by atoms with Crippen LogP contribution in [-0.4, -0.2) is 50.0 Å². The Morgan fingerprint density at radius 3 is 2.34 bits per heavy atom. The first-order chi connectivity index (χ1) is 15.1. The molecule has 2 aromatic carbocycles. The molecule has 1 aliphatic heterocycles. The lowest BCUT2D eigenvalue weighted by molar-refractivity contribution is 0.0716. The van der Waals surface area contributed by atoms with Crippen LogP contribution >= 0.6 is 0 Å². The van der Waals surface area contributed by atoms with Crippen LogP contribution < -0.4 is 10.2 Å². The number of hydrogen-bond donors (Lipinski definition) is 0. The smallest absolute Gasteiger partial charge is 0.290 e. The van der Waals surface area contributed by atoms with Gasteiger partial charge in [-0.2, -0.15) is 0 Å². The SMILES string of the molecule is COc1ccc2c(=O)c3c(oc2c1)C(=O)N(CCN(C)C)[C@H]3c1ccc(C(C)(C)C)cc1. The number of methoxy groups -OCH3 is 1. The maximum Gasteiger partial charge on any atom is 0.290 e. The molecule has 0 radical (unpaired) electrons. The first-order valence-corrected chi connectivity index (χ1v) is 10.8. The number of nitrogens with zero attached hydrogens (tertiary/aromatic N) is 2. The number of carbonyl (C=O) groups is 1. The van der Waals surface area contributed by atoms with Crippen molar-refractivity contribution < 1.29 is 13.9 Å². The van der Waals surface area contributed by atoms with Crippen molar-refractivity contribution in [3.05, 3.63) is 75.1 Å². The molecule has 0 saturated carbocycles. The molecule has 1 aromatic heterocycles. The van der Waals surface area contributed by atoms with Gasteiger partial charge in [0.25, 0.3) is 5.91 Å². The minimum Gasteiger partial charge on any atom is -0.497 e. The van der Waals surface area contributed by atoms with Crippen molar-refractivity contribution in [1.29, 1.82) is 0 Å². The van der Waals surface area contributed by atoms with E-state index >= 15 is 0 Å². The summed E-state index contributed by atoms with van der Waals surface area (Å²) in [7, 11) is 5.48. The van der Waals surface area contributed by atoms with Crippen LogP contribution in [0.25, 0.3) is 11.0 Å². The molecule has 0 fully saturated rings. The Hall–Kier alpha value is -3.12. The van der Waals surface area contributed by atoms with Crippen molar-refractivity contribution in [2.45, 2.75) is 32.2 Å². The number of ether oxygens (including phenoxy) is 1. The molecule has 0 aliphatic carbocycles. The van der Waals surface area contributed by atoms with Gasteiger partial charge in [-0.15, -0.1) is 0 Å². The van der Waals surface area contributed by atoms with Crippen LogP contribution in [0.15, 0.2) is 51.7 Å². The van der Waals surface area contributed by atoms with Gasteiger partial charge < -0.3 is 19.0 Å². The van der Waals surface area contributed by atoms with Gasteiger partial charge in [-0.1, -0.05) is 45.0 Å². The molecule has 6 nitrogen and oxygen atoms in total. The summed E-state index contributed by atoms with van der Waals surface area (Å²) in [5, 5.41) is 0.447. The van der Waals surface area contributed by atoms with Crippen molar-refractivity contribution in [2.75, 3.05) is 34.3 Å². The zero-order valence-electron chi connectivity index (χ0n) is 19.6. The molecule has 0 N–H and O–H groups in total. The number of amides is 1.